The van der Waals surface area contributed by atoms with Crippen LogP contribution >= 0.6 is 0 Å². The summed E-state index contributed by atoms with van der Waals surface area (Å²) in [5.41, 5.74) is 5.63. The van der Waals surface area contributed by atoms with Gasteiger partial charge in [0.25, 0.3) is 5.91 Å². The zero-order chi connectivity index (χ0) is 20.2. The number of hydroxylamine groups is 1. The minimum Gasteiger partial charge on any atom is -0.289 e. The van der Waals surface area contributed by atoms with Crippen LogP contribution in [0, 0.1) is 11.3 Å². The molecule has 0 saturated heterocycles. The molecule has 4 rings (SSSR count). The van der Waals surface area contributed by atoms with Crippen LogP contribution in [0.2, 0.25) is 0 Å². The Morgan fingerprint density at radius 1 is 1.10 bits per heavy atom. The number of amides is 1. The quantitative estimate of drug-likeness (QED) is 0.407. The molecule has 7 heteroatoms. The van der Waals surface area contributed by atoms with Gasteiger partial charge >= 0.3 is 0 Å². The van der Waals surface area contributed by atoms with Gasteiger partial charge in [-0.3, -0.25) is 10.0 Å². The molecule has 2 aromatic carbocycles. The Bertz CT molecular complexity index is 1190. The van der Waals surface area contributed by atoms with Crippen LogP contribution in [0.25, 0.3) is 22.2 Å². The van der Waals surface area contributed by atoms with Gasteiger partial charge in [0.05, 0.1) is 17.8 Å². The zero-order valence-electron chi connectivity index (χ0n) is 15.4. The Morgan fingerprint density at radius 3 is 2.55 bits per heavy atom. The lowest BCUT2D eigenvalue weighted by atomic mass is 10.0. The van der Waals surface area contributed by atoms with E-state index in [0.29, 0.717) is 17.6 Å². The molecule has 1 amide bonds. The molecule has 142 valence electrons. The minimum atomic E-state index is -0.742. The number of fused-ring (bicyclic) bond motifs is 1. The molecule has 0 spiro atoms. The third kappa shape index (κ3) is 3.70. The van der Waals surface area contributed by atoms with Gasteiger partial charge in [0, 0.05) is 23.6 Å². The number of benzene rings is 2. The van der Waals surface area contributed by atoms with Gasteiger partial charge in [-0.25, -0.2) is 15.1 Å². The maximum absolute atomic E-state index is 12.3. The highest BCUT2D eigenvalue weighted by molar-refractivity contribution is 5.84. The number of aromatic nitrogens is 3. The molecular formula is C22H17N5O2. The molecule has 0 fully saturated rings. The summed E-state index contributed by atoms with van der Waals surface area (Å²) in [6.45, 7) is 0. The molecule has 2 heterocycles. The number of pyridine rings is 1. The van der Waals surface area contributed by atoms with Crippen molar-refractivity contribution in [2.45, 2.75) is 12.5 Å². The van der Waals surface area contributed by atoms with Crippen molar-refractivity contribution in [3.05, 3.63) is 84.2 Å². The summed E-state index contributed by atoms with van der Waals surface area (Å²) in [5, 5.41) is 23.3. The molecule has 2 aromatic heterocycles. The molecule has 1 atom stereocenters. The molecule has 7 nitrogen and oxygen atoms in total. The predicted octanol–water partition coefficient (Wildman–Crippen LogP) is 3.26. The summed E-state index contributed by atoms with van der Waals surface area (Å²) in [6.07, 6.45) is 3.72. The summed E-state index contributed by atoms with van der Waals surface area (Å²) in [7, 11) is 0. The fourth-order valence-corrected chi connectivity index (χ4v) is 3.27. The summed E-state index contributed by atoms with van der Waals surface area (Å²) >= 11 is 0. The first-order chi connectivity index (χ1) is 14.2. The molecule has 0 aliphatic rings. The standard InChI is InChI=1S/C22H17N5O2/c23-12-16-6-8-17(9-7-16)18-11-19-14-25-27(21(19)24-13-18)20(22(28)26-29)10-15-4-2-1-3-5-15/h1-9,11,13-14,20,29H,10H2,(H,26,28). The molecule has 29 heavy (non-hydrogen) atoms. The Balaban J connectivity index is 1.71. The molecule has 2 N–H and O–H groups in total. The Hall–Kier alpha value is -4.02. The van der Waals surface area contributed by atoms with Crippen LogP contribution in [-0.2, 0) is 11.2 Å². The van der Waals surface area contributed by atoms with Crippen LogP contribution < -0.4 is 5.48 Å². The van der Waals surface area contributed by atoms with Gasteiger partial charge in [-0.2, -0.15) is 10.4 Å². The average Bonchev–Trinajstić information content (AvgIpc) is 3.20. The van der Waals surface area contributed by atoms with E-state index in [2.05, 4.69) is 16.2 Å². The van der Waals surface area contributed by atoms with E-state index in [1.807, 2.05) is 48.5 Å². The lowest BCUT2D eigenvalue weighted by Gasteiger charge is -2.16. The number of rotatable bonds is 5. The summed E-state index contributed by atoms with van der Waals surface area (Å²) in [4.78, 5) is 16.8. The third-order valence-electron chi connectivity index (χ3n) is 4.76. The SMILES string of the molecule is N#Cc1ccc(-c2cnc3c(cnn3C(Cc3ccccc3)C(=O)NO)c2)cc1. The normalized spacial score (nSPS) is 11.7. The number of carbonyl (C=O) groups is 1. The van der Waals surface area contributed by atoms with Crippen molar-refractivity contribution in [2.24, 2.45) is 0 Å². The lowest BCUT2D eigenvalue weighted by Crippen LogP contribution is -2.32. The average molecular weight is 383 g/mol. The third-order valence-corrected chi connectivity index (χ3v) is 4.76. The summed E-state index contributed by atoms with van der Waals surface area (Å²) in [5.74, 6) is -0.558. The fourth-order valence-electron chi connectivity index (χ4n) is 3.27. The van der Waals surface area contributed by atoms with Crippen molar-refractivity contribution in [1.82, 2.24) is 20.2 Å². The molecule has 0 aliphatic heterocycles. The van der Waals surface area contributed by atoms with Crippen molar-refractivity contribution in [2.75, 3.05) is 0 Å². The minimum absolute atomic E-state index is 0.364. The van der Waals surface area contributed by atoms with Crippen LogP contribution in [0.1, 0.15) is 17.2 Å². The molecule has 1 unspecified atom stereocenters. The summed E-state index contributed by atoms with van der Waals surface area (Å²) in [6, 6.07) is 20.1. The highest BCUT2D eigenvalue weighted by atomic mass is 16.5. The number of hydrogen-bond donors (Lipinski definition) is 2. The second-order valence-electron chi connectivity index (χ2n) is 6.60. The molecule has 0 aliphatic carbocycles. The van der Waals surface area contributed by atoms with E-state index < -0.39 is 11.9 Å². The van der Waals surface area contributed by atoms with E-state index in [1.54, 1.807) is 30.0 Å². The van der Waals surface area contributed by atoms with Gasteiger partial charge in [0.1, 0.15) is 6.04 Å². The Morgan fingerprint density at radius 2 is 1.86 bits per heavy atom. The highest BCUT2D eigenvalue weighted by Crippen LogP contribution is 2.25. The van der Waals surface area contributed by atoms with Gasteiger partial charge in [-0.05, 0) is 29.3 Å². The second kappa shape index (κ2) is 7.92. The van der Waals surface area contributed by atoms with E-state index >= 15 is 0 Å². The molecule has 4 aromatic rings. The van der Waals surface area contributed by atoms with Crippen molar-refractivity contribution in [3.8, 4) is 17.2 Å². The van der Waals surface area contributed by atoms with Gasteiger partial charge in [-0.1, -0.05) is 42.5 Å². The van der Waals surface area contributed by atoms with Crippen LogP contribution in [0.15, 0.2) is 73.1 Å². The van der Waals surface area contributed by atoms with Gasteiger partial charge in [-0.15, -0.1) is 0 Å². The number of hydrogen-bond acceptors (Lipinski definition) is 5. The molecule has 0 radical (unpaired) electrons. The molecule has 0 saturated carbocycles. The molecular weight excluding hydrogens is 366 g/mol. The molecule has 0 bridgehead atoms. The van der Waals surface area contributed by atoms with Crippen LogP contribution in [-0.4, -0.2) is 25.9 Å². The van der Waals surface area contributed by atoms with Gasteiger partial charge in [0.15, 0.2) is 5.65 Å². The van der Waals surface area contributed by atoms with Crippen molar-refractivity contribution in [1.29, 1.82) is 5.26 Å². The number of nitrogens with one attached hydrogen (secondary N) is 1. The fraction of sp³-hybridized carbons (Fsp3) is 0.0909. The largest absolute Gasteiger partial charge is 0.289 e. The number of nitriles is 1. The monoisotopic (exact) mass is 383 g/mol. The first-order valence-corrected chi connectivity index (χ1v) is 9.01. The Labute approximate surface area is 166 Å². The van der Waals surface area contributed by atoms with Crippen molar-refractivity contribution < 1.29 is 10.0 Å². The van der Waals surface area contributed by atoms with Crippen molar-refractivity contribution in [3.63, 3.8) is 0 Å². The van der Waals surface area contributed by atoms with E-state index in [0.717, 1.165) is 22.1 Å². The van der Waals surface area contributed by atoms with Crippen LogP contribution in [0.5, 0.6) is 0 Å². The van der Waals surface area contributed by atoms with E-state index in [9.17, 15) is 10.0 Å². The van der Waals surface area contributed by atoms with Gasteiger partial charge < -0.3 is 0 Å². The zero-order valence-corrected chi connectivity index (χ0v) is 15.4. The predicted molar refractivity (Wildman–Crippen MR) is 107 cm³/mol. The second-order valence-corrected chi connectivity index (χ2v) is 6.60. The Kier molecular flexibility index (Phi) is 5.01. The maximum Gasteiger partial charge on any atom is 0.268 e. The topological polar surface area (TPSA) is 104 Å². The highest BCUT2D eigenvalue weighted by Gasteiger charge is 2.24. The van der Waals surface area contributed by atoms with Crippen molar-refractivity contribution >= 4 is 16.9 Å². The van der Waals surface area contributed by atoms with Gasteiger partial charge in [0.2, 0.25) is 0 Å². The lowest BCUT2D eigenvalue weighted by molar-refractivity contribution is -0.132. The smallest absolute Gasteiger partial charge is 0.268 e. The number of carbonyl (C=O) groups excluding carboxylic acids is 1. The van der Waals surface area contributed by atoms with Crippen LogP contribution in [0.3, 0.4) is 0 Å². The number of nitrogens with zero attached hydrogens (tertiary/aromatic N) is 4. The van der Waals surface area contributed by atoms with E-state index in [4.69, 9.17) is 5.26 Å². The first-order valence-electron chi connectivity index (χ1n) is 9.01. The first kappa shape index (κ1) is 18.3. The van der Waals surface area contributed by atoms with E-state index in [1.165, 1.54) is 4.68 Å². The van der Waals surface area contributed by atoms with Crippen LogP contribution in [0.4, 0.5) is 0 Å². The summed E-state index contributed by atoms with van der Waals surface area (Å²) < 4.78 is 1.52. The van der Waals surface area contributed by atoms with E-state index in [-0.39, 0.29) is 0 Å². The maximum atomic E-state index is 12.3.